The van der Waals surface area contributed by atoms with Gasteiger partial charge in [0, 0.05) is 13.1 Å². The van der Waals surface area contributed by atoms with E-state index in [9.17, 15) is 0 Å². The highest BCUT2D eigenvalue weighted by atomic mass is 14.9. The summed E-state index contributed by atoms with van der Waals surface area (Å²) >= 11 is 0. The normalized spacial score (nSPS) is 9.95. The Morgan fingerprint density at radius 2 is 1.79 bits per heavy atom. The van der Waals surface area contributed by atoms with Gasteiger partial charge in [0.2, 0.25) is 0 Å². The molecule has 0 spiro atoms. The zero-order valence-corrected chi connectivity index (χ0v) is 11.0. The Hall–Kier alpha value is -2.31. The number of rotatable bonds is 4. The first-order valence-electron chi connectivity index (χ1n) is 6.25. The second-order valence-electron chi connectivity index (χ2n) is 4.54. The number of anilines is 1. The summed E-state index contributed by atoms with van der Waals surface area (Å²) in [7, 11) is 0. The van der Waals surface area contributed by atoms with Crippen LogP contribution in [0.4, 0.5) is 5.69 Å². The largest absolute Gasteiger partial charge is 0.380 e. The first-order valence-corrected chi connectivity index (χ1v) is 6.25. The minimum atomic E-state index is 0.560. The van der Waals surface area contributed by atoms with Crippen LogP contribution in [0.2, 0.25) is 0 Å². The van der Waals surface area contributed by atoms with Crippen LogP contribution in [0, 0.1) is 18.3 Å². The third-order valence-electron chi connectivity index (χ3n) is 3.04. The first kappa shape index (κ1) is 13.1. The molecular formula is C16H17N3. The fraction of sp³-hybridized carbons (Fsp3) is 0.188. The molecule has 0 aliphatic heterocycles. The van der Waals surface area contributed by atoms with Gasteiger partial charge >= 0.3 is 0 Å². The van der Waals surface area contributed by atoms with Gasteiger partial charge in [-0.05, 0) is 35.7 Å². The number of nitrogens with one attached hydrogen (secondary N) is 1. The third-order valence-corrected chi connectivity index (χ3v) is 3.04. The highest BCUT2D eigenvalue weighted by Crippen LogP contribution is 2.17. The molecule has 0 aliphatic carbocycles. The van der Waals surface area contributed by atoms with Crippen LogP contribution < -0.4 is 11.1 Å². The predicted octanol–water partition coefficient (Wildman–Crippen LogP) is 2.94. The smallest absolute Gasteiger partial charge is 0.101 e. The SMILES string of the molecule is Cc1ccc(NCc2ccc(CN)cc2)c(C#N)c1. The molecule has 3 heteroatoms. The van der Waals surface area contributed by atoms with E-state index in [1.807, 2.05) is 37.3 Å². The van der Waals surface area contributed by atoms with Crippen molar-refractivity contribution in [3.05, 3.63) is 64.7 Å². The molecule has 0 saturated heterocycles. The van der Waals surface area contributed by atoms with Crippen LogP contribution in [0.5, 0.6) is 0 Å². The number of nitrogens with two attached hydrogens (primary N) is 1. The van der Waals surface area contributed by atoms with Crippen molar-refractivity contribution < 1.29 is 0 Å². The second-order valence-corrected chi connectivity index (χ2v) is 4.54. The van der Waals surface area contributed by atoms with Gasteiger partial charge in [-0.2, -0.15) is 5.26 Å². The van der Waals surface area contributed by atoms with Gasteiger partial charge in [0.05, 0.1) is 11.3 Å². The highest BCUT2D eigenvalue weighted by molar-refractivity contribution is 5.58. The Morgan fingerprint density at radius 1 is 1.11 bits per heavy atom. The van der Waals surface area contributed by atoms with E-state index < -0.39 is 0 Å². The zero-order chi connectivity index (χ0) is 13.7. The zero-order valence-electron chi connectivity index (χ0n) is 11.0. The Morgan fingerprint density at radius 3 is 2.42 bits per heavy atom. The number of benzene rings is 2. The minimum Gasteiger partial charge on any atom is -0.380 e. The molecule has 0 amide bonds. The van der Waals surface area contributed by atoms with E-state index in [1.165, 1.54) is 5.56 Å². The number of nitriles is 1. The fourth-order valence-electron chi connectivity index (χ4n) is 1.90. The van der Waals surface area contributed by atoms with Gasteiger partial charge in [0.15, 0.2) is 0 Å². The van der Waals surface area contributed by atoms with E-state index in [0.29, 0.717) is 18.7 Å². The van der Waals surface area contributed by atoms with Gasteiger partial charge in [0.25, 0.3) is 0 Å². The molecule has 0 unspecified atom stereocenters. The Kier molecular flexibility index (Phi) is 4.17. The van der Waals surface area contributed by atoms with Gasteiger partial charge < -0.3 is 11.1 Å². The summed E-state index contributed by atoms with van der Waals surface area (Å²) < 4.78 is 0. The molecule has 0 fully saturated rings. The fourth-order valence-corrected chi connectivity index (χ4v) is 1.90. The Balaban J connectivity index is 2.08. The molecule has 0 atom stereocenters. The first-order chi connectivity index (χ1) is 9.22. The van der Waals surface area contributed by atoms with Crippen molar-refractivity contribution in [1.82, 2.24) is 0 Å². The van der Waals surface area contributed by atoms with Crippen molar-refractivity contribution in [3.63, 3.8) is 0 Å². The standard InChI is InChI=1S/C16H17N3/c1-12-2-7-16(15(8-12)10-18)19-11-14-5-3-13(9-17)4-6-14/h2-8,19H,9,11,17H2,1H3. The molecule has 0 aromatic heterocycles. The van der Waals surface area contributed by atoms with Gasteiger partial charge in [-0.1, -0.05) is 30.3 Å². The molecule has 96 valence electrons. The molecule has 2 aromatic rings. The topological polar surface area (TPSA) is 61.8 Å². The van der Waals surface area contributed by atoms with Gasteiger partial charge in [-0.25, -0.2) is 0 Å². The minimum absolute atomic E-state index is 0.560. The van der Waals surface area contributed by atoms with E-state index >= 15 is 0 Å². The van der Waals surface area contributed by atoms with Crippen LogP contribution in [0.1, 0.15) is 22.3 Å². The molecule has 19 heavy (non-hydrogen) atoms. The van der Waals surface area contributed by atoms with E-state index in [4.69, 9.17) is 11.0 Å². The maximum Gasteiger partial charge on any atom is 0.101 e. The molecule has 3 N–H and O–H groups in total. The summed E-state index contributed by atoms with van der Waals surface area (Å²) in [6, 6.07) is 16.2. The molecule has 3 nitrogen and oxygen atoms in total. The lowest BCUT2D eigenvalue weighted by atomic mass is 10.1. The van der Waals surface area contributed by atoms with Crippen molar-refractivity contribution in [1.29, 1.82) is 5.26 Å². The molecule has 0 heterocycles. The summed E-state index contributed by atoms with van der Waals surface area (Å²) in [6.45, 7) is 3.24. The van der Waals surface area contributed by atoms with Crippen molar-refractivity contribution >= 4 is 5.69 Å². The highest BCUT2D eigenvalue weighted by Gasteiger charge is 2.02. The van der Waals surface area contributed by atoms with Crippen LogP contribution in [0.15, 0.2) is 42.5 Å². The average Bonchev–Trinajstić information content (AvgIpc) is 2.46. The summed E-state index contributed by atoms with van der Waals surface area (Å²) in [5, 5.41) is 12.4. The van der Waals surface area contributed by atoms with E-state index in [0.717, 1.165) is 16.8 Å². The molecule has 0 aliphatic rings. The molecule has 0 bridgehead atoms. The van der Waals surface area contributed by atoms with Crippen molar-refractivity contribution in [2.45, 2.75) is 20.0 Å². The lowest BCUT2D eigenvalue weighted by Gasteiger charge is -2.09. The maximum absolute atomic E-state index is 9.10. The van der Waals surface area contributed by atoms with Crippen molar-refractivity contribution in [2.75, 3.05) is 5.32 Å². The summed E-state index contributed by atoms with van der Waals surface area (Å²) in [5.74, 6) is 0. The lowest BCUT2D eigenvalue weighted by Crippen LogP contribution is -2.02. The second kappa shape index (κ2) is 6.03. The number of aryl methyl sites for hydroxylation is 1. The van der Waals surface area contributed by atoms with Crippen LogP contribution >= 0.6 is 0 Å². The number of nitrogens with zero attached hydrogens (tertiary/aromatic N) is 1. The summed E-state index contributed by atoms with van der Waals surface area (Å²) in [4.78, 5) is 0. The monoisotopic (exact) mass is 251 g/mol. The van der Waals surface area contributed by atoms with E-state index in [-0.39, 0.29) is 0 Å². The molecule has 0 saturated carbocycles. The molecular weight excluding hydrogens is 234 g/mol. The Labute approximate surface area is 113 Å². The van der Waals surface area contributed by atoms with Gasteiger partial charge in [-0.3, -0.25) is 0 Å². The molecule has 0 radical (unpaired) electrons. The predicted molar refractivity (Wildman–Crippen MR) is 77.6 cm³/mol. The van der Waals surface area contributed by atoms with Gasteiger partial charge in [0.1, 0.15) is 6.07 Å². The summed E-state index contributed by atoms with van der Waals surface area (Å²) in [5.41, 5.74) is 10.5. The maximum atomic E-state index is 9.10. The summed E-state index contributed by atoms with van der Waals surface area (Å²) in [6.07, 6.45) is 0. The quantitative estimate of drug-likeness (QED) is 0.878. The Bertz CT molecular complexity index is 594. The van der Waals surface area contributed by atoms with Crippen LogP contribution in [-0.4, -0.2) is 0 Å². The molecule has 2 rings (SSSR count). The lowest BCUT2D eigenvalue weighted by molar-refractivity contribution is 1.06. The van der Waals surface area contributed by atoms with E-state index in [1.54, 1.807) is 0 Å². The third kappa shape index (κ3) is 3.34. The average molecular weight is 251 g/mol. The van der Waals surface area contributed by atoms with E-state index in [2.05, 4.69) is 23.5 Å². The van der Waals surface area contributed by atoms with Crippen LogP contribution in [0.25, 0.3) is 0 Å². The number of hydrogen-bond donors (Lipinski definition) is 2. The van der Waals surface area contributed by atoms with Crippen LogP contribution in [-0.2, 0) is 13.1 Å². The molecule has 2 aromatic carbocycles. The van der Waals surface area contributed by atoms with Gasteiger partial charge in [-0.15, -0.1) is 0 Å². The number of hydrogen-bond acceptors (Lipinski definition) is 3. The van der Waals surface area contributed by atoms with Crippen molar-refractivity contribution in [2.24, 2.45) is 5.73 Å². The van der Waals surface area contributed by atoms with Crippen LogP contribution in [0.3, 0.4) is 0 Å². The van der Waals surface area contributed by atoms with Crippen molar-refractivity contribution in [3.8, 4) is 6.07 Å².